The van der Waals surface area contributed by atoms with Crippen LogP contribution in [0.4, 0.5) is 0 Å². The third-order valence-electron chi connectivity index (χ3n) is 6.68. The van der Waals surface area contributed by atoms with Gasteiger partial charge in [0.05, 0.1) is 22.4 Å². The first-order valence-corrected chi connectivity index (χ1v) is 9.51. The Morgan fingerprint density at radius 1 is 0.962 bits per heavy atom. The average Bonchev–Trinajstić information content (AvgIpc) is 2.59. The van der Waals surface area contributed by atoms with Gasteiger partial charge in [-0.05, 0) is 48.1 Å². The molecule has 0 saturated heterocycles. The molecule has 3 heteroatoms. The van der Waals surface area contributed by atoms with Crippen molar-refractivity contribution in [3.05, 3.63) is 53.7 Å². The maximum absolute atomic E-state index is 10.2. The van der Waals surface area contributed by atoms with Crippen LogP contribution in [0.2, 0.25) is 0 Å². The molecule has 5 rings (SSSR count). The number of benzene rings is 2. The van der Waals surface area contributed by atoms with Crippen LogP contribution in [0.1, 0.15) is 57.2 Å². The van der Waals surface area contributed by atoms with E-state index in [1.165, 1.54) is 18.4 Å². The largest absolute Gasteiger partial charge is 0.508 e. The molecular weight excluding hydrogens is 320 g/mol. The minimum Gasteiger partial charge on any atom is -0.508 e. The first-order valence-electron chi connectivity index (χ1n) is 9.51. The van der Waals surface area contributed by atoms with Crippen LogP contribution in [-0.4, -0.2) is 15.1 Å². The molecule has 0 unspecified atom stereocenters. The van der Waals surface area contributed by atoms with E-state index < -0.39 is 0 Å². The fraction of sp³-hybridized carbons (Fsp3) is 0.391. The topological polar surface area (TPSA) is 46.0 Å². The molecular formula is C23H24N2O. The fourth-order valence-electron chi connectivity index (χ4n) is 5.66. The number of hydrogen-bond acceptors (Lipinski definition) is 3. The van der Waals surface area contributed by atoms with Gasteiger partial charge in [-0.2, -0.15) is 0 Å². The summed E-state index contributed by atoms with van der Waals surface area (Å²) in [5.74, 6) is 0.620. The molecule has 1 N–H and O–H groups in total. The Morgan fingerprint density at radius 3 is 2.46 bits per heavy atom. The minimum absolute atomic E-state index is 0.0227. The van der Waals surface area contributed by atoms with Gasteiger partial charge in [-0.15, -0.1) is 0 Å². The third kappa shape index (κ3) is 2.00. The molecule has 1 fully saturated rings. The summed E-state index contributed by atoms with van der Waals surface area (Å²) in [6.45, 7) is 7.14. The van der Waals surface area contributed by atoms with Crippen molar-refractivity contribution >= 4 is 11.0 Å². The number of aromatic nitrogens is 2. The van der Waals surface area contributed by atoms with Crippen LogP contribution in [0.25, 0.3) is 22.3 Å². The number of fused-ring (bicyclic) bond motifs is 7. The van der Waals surface area contributed by atoms with Gasteiger partial charge in [0.25, 0.3) is 0 Å². The molecule has 2 aliphatic rings. The number of rotatable bonds is 0. The highest BCUT2D eigenvalue weighted by Gasteiger charge is 2.53. The average molecular weight is 344 g/mol. The Balaban J connectivity index is 1.91. The molecule has 2 aliphatic carbocycles. The molecule has 1 heterocycles. The van der Waals surface area contributed by atoms with E-state index in [1.54, 1.807) is 0 Å². The standard InChI is InChI=1S/C23H24N2O/c1-22(2)11-6-12-23(3)16-10-9-14(26)13-15(16)19-20(21(22)23)25-18-8-5-4-7-17(18)24-19/h4-5,7-10,13,21,26H,6,11-12H2,1-3H3/t21-,23-/m1/s1. The van der Waals surface area contributed by atoms with E-state index in [0.717, 1.165) is 34.4 Å². The van der Waals surface area contributed by atoms with Gasteiger partial charge in [0.2, 0.25) is 0 Å². The van der Waals surface area contributed by atoms with Crippen molar-refractivity contribution in [2.45, 2.75) is 51.4 Å². The Bertz CT molecular complexity index is 1040. The quantitative estimate of drug-likeness (QED) is 0.580. The molecule has 2 atom stereocenters. The second-order valence-corrected chi connectivity index (χ2v) is 8.87. The summed E-state index contributed by atoms with van der Waals surface area (Å²) in [5, 5.41) is 10.2. The van der Waals surface area contributed by atoms with E-state index in [1.807, 2.05) is 36.4 Å². The second-order valence-electron chi connectivity index (χ2n) is 8.87. The van der Waals surface area contributed by atoms with E-state index >= 15 is 0 Å². The summed E-state index contributed by atoms with van der Waals surface area (Å²) in [5.41, 5.74) is 6.47. The van der Waals surface area contributed by atoms with Gasteiger partial charge in [0.1, 0.15) is 5.75 Å². The Labute approximate surface area is 154 Å². The summed E-state index contributed by atoms with van der Waals surface area (Å²) in [6.07, 6.45) is 3.57. The van der Waals surface area contributed by atoms with Crippen LogP contribution < -0.4 is 0 Å². The zero-order valence-corrected chi connectivity index (χ0v) is 15.6. The molecule has 1 saturated carbocycles. The van der Waals surface area contributed by atoms with Crippen molar-refractivity contribution in [2.24, 2.45) is 5.41 Å². The van der Waals surface area contributed by atoms with Gasteiger partial charge in [-0.3, -0.25) is 0 Å². The minimum atomic E-state index is 0.0227. The van der Waals surface area contributed by atoms with Crippen molar-refractivity contribution < 1.29 is 5.11 Å². The van der Waals surface area contributed by atoms with Gasteiger partial charge < -0.3 is 5.11 Å². The molecule has 0 aliphatic heterocycles. The predicted molar refractivity (Wildman–Crippen MR) is 104 cm³/mol. The number of phenols is 1. The van der Waals surface area contributed by atoms with E-state index in [0.29, 0.717) is 11.7 Å². The van der Waals surface area contributed by atoms with Gasteiger partial charge in [0.15, 0.2) is 0 Å². The summed E-state index contributed by atoms with van der Waals surface area (Å²) in [4.78, 5) is 10.1. The normalized spacial score (nSPS) is 26.0. The SMILES string of the molecule is CC1(C)CCC[C@]2(C)c3ccc(O)cc3-c3nc4ccccc4nc3[C@H]12. The zero-order valence-electron chi connectivity index (χ0n) is 15.6. The van der Waals surface area contributed by atoms with Crippen molar-refractivity contribution in [3.8, 4) is 17.0 Å². The van der Waals surface area contributed by atoms with Crippen LogP contribution in [0, 0.1) is 5.41 Å². The van der Waals surface area contributed by atoms with E-state index in [4.69, 9.17) is 9.97 Å². The van der Waals surface area contributed by atoms with Crippen LogP contribution in [0.15, 0.2) is 42.5 Å². The van der Waals surface area contributed by atoms with Crippen LogP contribution in [0.5, 0.6) is 5.75 Å². The van der Waals surface area contributed by atoms with Crippen molar-refractivity contribution in [1.29, 1.82) is 0 Å². The van der Waals surface area contributed by atoms with Crippen molar-refractivity contribution in [1.82, 2.24) is 9.97 Å². The zero-order chi connectivity index (χ0) is 18.1. The molecule has 3 aromatic rings. The molecule has 132 valence electrons. The first kappa shape index (κ1) is 15.8. The molecule has 2 aromatic carbocycles. The molecule has 0 bridgehead atoms. The molecule has 0 spiro atoms. The van der Waals surface area contributed by atoms with Crippen LogP contribution >= 0.6 is 0 Å². The smallest absolute Gasteiger partial charge is 0.116 e. The predicted octanol–water partition coefficient (Wildman–Crippen LogP) is 5.57. The van der Waals surface area contributed by atoms with E-state index in [2.05, 4.69) is 26.8 Å². The summed E-state index contributed by atoms with van der Waals surface area (Å²) in [7, 11) is 0. The highest BCUT2D eigenvalue weighted by Crippen LogP contribution is 2.62. The maximum atomic E-state index is 10.2. The molecule has 1 aromatic heterocycles. The van der Waals surface area contributed by atoms with Crippen molar-refractivity contribution in [2.75, 3.05) is 0 Å². The maximum Gasteiger partial charge on any atom is 0.116 e. The lowest BCUT2D eigenvalue weighted by molar-refractivity contribution is 0.110. The number of aromatic hydroxyl groups is 1. The summed E-state index contributed by atoms with van der Waals surface area (Å²) in [6, 6.07) is 13.9. The molecule has 3 nitrogen and oxygen atoms in total. The van der Waals surface area contributed by atoms with E-state index in [-0.39, 0.29) is 10.8 Å². The lowest BCUT2D eigenvalue weighted by Gasteiger charge is -2.53. The number of nitrogens with zero attached hydrogens (tertiary/aromatic N) is 2. The summed E-state index contributed by atoms with van der Waals surface area (Å²) < 4.78 is 0. The van der Waals surface area contributed by atoms with Gasteiger partial charge in [-0.25, -0.2) is 9.97 Å². The third-order valence-corrected chi connectivity index (χ3v) is 6.68. The van der Waals surface area contributed by atoms with Crippen molar-refractivity contribution in [3.63, 3.8) is 0 Å². The monoisotopic (exact) mass is 344 g/mol. The molecule has 0 radical (unpaired) electrons. The van der Waals surface area contributed by atoms with Crippen LogP contribution in [-0.2, 0) is 5.41 Å². The Morgan fingerprint density at radius 2 is 1.69 bits per heavy atom. The number of phenolic OH excluding ortho intramolecular Hbond substituents is 1. The fourth-order valence-corrected chi connectivity index (χ4v) is 5.66. The summed E-state index contributed by atoms with van der Waals surface area (Å²) >= 11 is 0. The highest BCUT2D eigenvalue weighted by atomic mass is 16.3. The Hall–Kier alpha value is -2.42. The molecule has 0 amide bonds. The second kappa shape index (κ2) is 5.06. The van der Waals surface area contributed by atoms with Gasteiger partial charge in [-0.1, -0.05) is 45.4 Å². The Kier molecular flexibility index (Phi) is 3.08. The van der Waals surface area contributed by atoms with Gasteiger partial charge >= 0.3 is 0 Å². The lowest BCUT2D eigenvalue weighted by atomic mass is 9.50. The molecule has 26 heavy (non-hydrogen) atoms. The lowest BCUT2D eigenvalue weighted by Crippen LogP contribution is -2.46. The van der Waals surface area contributed by atoms with Gasteiger partial charge in [0, 0.05) is 16.9 Å². The first-order chi connectivity index (χ1) is 12.4. The number of hydrogen-bond donors (Lipinski definition) is 1. The number of para-hydroxylation sites is 2. The van der Waals surface area contributed by atoms with E-state index in [9.17, 15) is 5.11 Å². The highest BCUT2D eigenvalue weighted by molar-refractivity contribution is 5.82. The van der Waals surface area contributed by atoms with Crippen LogP contribution in [0.3, 0.4) is 0 Å².